The van der Waals surface area contributed by atoms with Crippen molar-refractivity contribution in [3.63, 3.8) is 0 Å². The van der Waals surface area contributed by atoms with Gasteiger partial charge in [0.1, 0.15) is 0 Å². The maximum atomic E-state index is 6.01. The van der Waals surface area contributed by atoms with E-state index in [0.717, 1.165) is 17.0 Å². The van der Waals surface area contributed by atoms with Crippen molar-refractivity contribution in [3.8, 4) is 0 Å². The van der Waals surface area contributed by atoms with Gasteiger partial charge in [-0.3, -0.25) is 0 Å². The van der Waals surface area contributed by atoms with Crippen LogP contribution in [0.15, 0.2) is 18.2 Å². The molecule has 1 aromatic carbocycles. The van der Waals surface area contributed by atoms with Crippen LogP contribution in [-0.2, 0) is 0 Å². The third-order valence-corrected chi connectivity index (χ3v) is 3.73. The Bertz CT molecular complexity index is 557. The van der Waals surface area contributed by atoms with Gasteiger partial charge in [-0.1, -0.05) is 24.4 Å². The zero-order valence-electron chi connectivity index (χ0n) is 9.86. The fourth-order valence-corrected chi connectivity index (χ4v) is 2.66. The number of rotatable bonds is 3. The zero-order valence-corrected chi connectivity index (χ0v) is 10.6. The molecule has 0 bridgehead atoms. The van der Waals surface area contributed by atoms with Crippen LogP contribution in [-0.4, -0.2) is 9.55 Å². The Hall–Kier alpha value is -1.22. The fourth-order valence-electron chi connectivity index (χ4n) is 2.50. The molecule has 0 aliphatic heterocycles. The quantitative estimate of drug-likeness (QED) is 0.903. The highest BCUT2D eigenvalue weighted by atomic mass is 35.5. The molecule has 1 saturated carbocycles. The molecule has 1 unspecified atom stereocenters. The van der Waals surface area contributed by atoms with Crippen LogP contribution in [0.4, 0.5) is 5.95 Å². The van der Waals surface area contributed by atoms with Gasteiger partial charge in [-0.25, -0.2) is 4.98 Å². The van der Waals surface area contributed by atoms with Gasteiger partial charge in [0.25, 0.3) is 0 Å². The highest BCUT2D eigenvalue weighted by molar-refractivity contribution is 6.31. The van der Waals surface area contributed by atoms with Crippen LogP contribution in [0.2, 0.25) is 5.02 Å². The number of imidazole rings is 1. The first kappa shape index (κ1) is 10.9. The molecule has 1 aliphatic rings. The van der Waals surface area contributed by atoms with E-state index < -0.39 is 0 Å². The van der Waals surface area contributed by atoms with E-state index in [9.17, 15) is 0 Å². The summed E-state index contributed by atoms with van der Waals surface area (Å²) in [5.41, 5.74) is 7.98. The van der Waals surface area contributed by atoms with Gasteiger partial charge in [0, 0.05) is 11.1 Å². The van der Waals surface area contributed by atoms with Crippen LogP contribution >= 0.6 is 11.6 Å². The molecule has 3 nitrogen and oxygen atoms in total. The van der Waals surface area contributed by atoms with Gasteiger partial charge >= 0.3 is 0 Å². The number of anilines is 1. The van der Waals surface area contributed by atoms with Crippen molar-refractivity contribution < 1.29 is 0 Å². The fraction of sp³-hybridized carbons (Fsp3) is 0.462. The number of halogens is 1. The van der Waals surface area contributed by atoms with Crippen molar-refractivity contribution in [1.29, 1.82) is 0 Å². The van der Waals surface area contributed by atoms with Crippen LogP contribution in [0.5, 0.6) is 0 Å². The number of hydrogen-bond donors (Lipinski definition) is 1. The summed E-state index contributed by atoms with van der Waals surface area (Å²) in [6, 6.07) is 6.18. The lowest BCUT2D eigenvalue weighted by atomic mass is 10.1. The van der Waals surface area contributed by atoms with Gasteiger partial charge in [0.05, 0.1) is 11.0 Å². The van der Waals surface area contributed by atoms with E-state index in [4.69, 9.17) is 17.3 Å². The average Bonchev–Trinajstić information content (AvgIpc) is 2.99. The number of fused-ring (bicyclic) bond motifs is 1. The summed E-state index contributed by atoms with van der Waals surface area (Å²) in [5, 5.41) is 0.706. The SMILES string of the molecule is CC(CC1CC1)n1c(N)nc2cc(Cl)ccc21. The third kappa shape index (κ3) is 2.00. The average molecular weight is 250 g/mol. The first-order valence-electron chi connectivity index (χ1n) is 6.08. The normalized spacial score (nSPS) is 17.5. The molecule has 1 heterocycles. The molecular weight excluding hydrogens is 234 g/mol. The van der Waals surface area contributed by atoms with Crippen molar-refractivity contribution in [2.45, 2.75) is 32.2 Å². The molecule has 0 amide bonds. The lowest BCUT2D eigenvalue weighted by Crippen LogP contribution is -2.09. The Morgan fingerprint density at radius 3 is 3.00 bits per heavy atom. The lowest BCUT2D eigenvalue weighted by molar-refractivity contribution is 0.492. The molecule has 1 atom stereocenters. The minimum absolute atomic E-state index is 0.411. The van der Waals surface area contributed by atoms with Crippen LogP contribution in [0, 0.1) is 5.92 Å². The first-order chi connectivity index (χ1) is 8.15. The Morgan fingerprint density at radius 1 is 1.53 bits per heavy atom. The zero-order chi connectivity index (χ0) is 12.0. The Balaban J connectivity index is 2.04. The van der Waals surface area contributed by atoms with Crippen LogP contribution in [0.25, 0.3) is 11.0 Å². The minimum atomic E-state index is 0.411. The van der Waals surface area contributed by atoms with E-state index in [2.05, 4.69) is 16.5 Å². The predicted molar refractivity (Wildman–Crippen MR) is 71.2 cm³/mol. The summed E-state index contributed by atoms with van der Waals surface area (Å²) in [5.74, 6) is 1.48. The van der Waals surface area contributed by atoms with Crippen molar-refractivity contribution in [3.05, 3.63) is 23.2 Å². The number of aromatic nitrogens is 2. The first-order valence-corrected chi connectivity index (χ1v) is 6.46. The Morgan fingerprint density at radius 2 is 2.29 bits per heavy atom. The van der Waals surface area contributed by atoms with Crippen LogP contribution < -0.4 is 5.73 Å². The van der Waals surface area contributed by atoms with Crippen LogP contribution in [0.3, 0.4) is 0 Å². The minimum Gasteiger partial charge on any atom is -0.369 e. The summed E-state index contributed by atoms with van der Waals surface area (Å²) in [6.07, 6.45) is 3.92. The maximum Gasteiger partial charge on any atom is 0.201 e. The molecule has 90 valence electrons. The monoisotopic (exact) mass is 249 g/mol. The number of nitrogens with zero attached hydrogens (tertiary/aromatic N) is 2. The third-order valence-electron chi connectivity index (χ3n) is 3.49. The summed E-state index contributed by atoms with van der Waals surface area (Å²) in [6.45, 7) is 2.21. The topological polar surface area (TPSA) is 43.8 Å². The standard InChI is InChI=1S/C13H16ClN3/c1-8(6-9-2-3-9)17-12-5-4-10(14)7-11(12)16-13(17)15/h4-5,7-9H,2-3,6H2,1H3,(H2,15,16). The van der Waals surface area contributed by atoms with Crippen molar-refractivity contribution in [2.75, 3.05) is 5.73 Å². The molecule has 17 heavy (non-hydrogen) atoms. The summed E-state index contributed by atoms with van der Waals surface area (Å²) >= 11 is 5.96. The molecule has 0 saturated heterocycles. The van der Waals surface area contributed by atoms with Crippen molar-refractivity contribution >= 4 is 28.6 Å². The molecule has 1 aromatic heterocycles. The van der Waals surface area contributed by atoms with E-state index >= 15 is 0 Å². The smallest absolute Gasteiger partial charge is 0.201 e. The van der Waals surface area contributed by atoms with Gasteiger partial charge in [0.15, 0.2) is 0 Å². The van der Waals surface area contributed by atoms with E-state index in [0.29, 0.717) is 17.0 Å². The lowest BCUT2D eigenvalue weighted by Gasteiger charge is -2.15. The molecule has 3 rings (SSSR count). The largest absolute Gasteiger partial charge is 0.369 e. The summed E-state index contributed by atoms with van der Waals surface area (Å²) in [4.78, 5) is 4.38. The van der Waals surface area contributed by atoms with Gasteiger partial charge < -0.3 is 10.3 Å². The number of nitrogens with two attached hydrogens (primary N) is 1. The predicted octanol–water partition coefficient (Wildman–Crippen LogP) is 3.63. The van der Waals surface area contributed by atoms with Crippen molar-refractivity contribution in [1.82, 2.24) is 9.55 Å². The second kappa shape index (κ2) is 3.91. The summed E-state index contributed by atoms with van der Waals surface area (Å²) in [7, 11) is 0. The van der Waals surface area contributed by atoms with E-state index in [-0.39, 0.29) is 0 Å². The molecule has 2 aromatic rings. The van der Waals surface area contributed by atoms with Gasteiger partial charge in [-0.05, 0) is 37.5 Å². The number of nitrogen functional groups attached to an aromatic ring is 1. The van der Waals surface area contributed by atoms with E-state index in [1.807, 2.05) is 18.2 Å². The molecule has 0 spiro atoms. The second-order valence-electron chi connectivity index (χ2n) is 5.00. The van der Waals surface area contributed by atoms with Crippen LogP contribution in [0.1, 0.15) is 32.2 Å². The highest BCUT2D eigenvalue weighted by Gasteiger charge is 2.25. The van der Waals surface area contributed by atoms with Gasteiger partial charge in [-0.15, -0.1) is 0 Å². The second-order valence-corrected chi connectivity index (χ2v) is 5.44. The molecule has 1 aliphatic carbocycles. The molecule has 1 fully saturated rings. The molecule has 4 heteroatoms. The van der Waals surface area contributed by atoms with E-state index in [1.165, 1.54) is 19.3 Å². The number of hydrogen-bond acceptors (Lipinski definition) is 2. The molecule has 2 N–H and O–H groups in total. The number of benzene rings is 1. The van der Waals surface area contributed by atoms with Crippen molar-refractivity contribution in [2.24, 2.45) is 5.92 Å². The maximum absolute atomic E-state index is 6.01. The molecule has 0 radical (unpaired) electrons. The van der Waals surface area contributed by atoms with E-state index in [1.54, 1.807) is 0 Å². The Kier molecular flexibility index (Phi) is 2.51. The highest BCUT2D eigenvalue weighted by Crippen LogP contribution is 2.38. The Labute approximate surface area is 106 Å². The van der Waals surface area contributed by atoms with Gasteiger partial charge in [-0.2, -0.15) is 0 Å². The summed E-state index contributed by atoms with van der Waals surface area (Å²) < 4.78 is 2.13. The molecular formula is C13H16ClN3. The van der Waals surface area contributed by atoms with Gasteiger partial charge in [0.2, 0.25) is 5.95 Å².